The topological polar surface area (TPSA) is 81.4 Å². The van der Waals surface area contributed by atoms with Crippen LogP contribution in [0.15, 0.2) is 0 Å². The third kappa shape index (κ3) is 8.23. The number of hydrogen-bond acceptors (Lipinski definition) is 4. The molecular formula is C11H22N2O3. The van der Waals surface area contributed by atoms with E-state index in [1.165, 1.54) is 0 Å². The molecule has 1 rings (SSSR count). The van der Waals surface area contributed by atoms with Crippen LogP contribution in [0.2, 0.25) is 0 Å². The van der Waals surface area contributed by atoms with Crippen LogP contribution in [-0.4, -0.2) is 31.1 Å². The van der Waals surface area contributed by atoms with Crippen molar-refractivity contribution in [1.82, 2.24) is 5.32 Å². The summed E-state index contributed by atoms with van der Waals surface area (Å²) in [7, 11) is 0. The van der Waals surface area contributed by atoms with E-state index in [2.05, 4.69) is 10.1 Å². The molecule has 1 atom stereocenters. The van der Waals surface area contributed by atoms with Crippen molar-refractivity contribution in [2.24, 2.45) is 11.7 Å². The van der Waals surface area contributed by atoms with Crippen molar-refractivity contribution in [2.45, 2.75) is 39.2 Å². The Morgan fingerprint density at radius 3 is 2.31 bits per heavy atom. The Morgan fingerprint density at radius 2 is 2.12 bits per heavy atom. The fourth-order valence-corrected chi connectivity index (χ4v) is 1.24. The Kier molecular flexibility index (Phi) is 6.72. The fraction of sp³-hybridized carbons (Fsp3) is 0.818. The quantitative estimate of drug-likeness (QED) is 0.674. The second-order valence-electron chi connectivity index (χ2n) is 4.77. The summed E-state index contributed by atoms with van der Waals surface area (Å²) in [4.78, 5) is 20.1. The molecule has 16 heavy (non-hydrogen) atoms. The highest BCUT2D eigenvalue weighted by atomic mass is 16.5. The Balaban J connectivity index is 0.000000293. The first kappa shape index (κ1) is 14.9. The molecule has 1 amide bonds. The normalized spacial score (nSPS) is 20.3. The molecule has 0 aromatic heterocycles. The van der Waals surface area contributed by atoms with Gasteiger partial charge in [0.25, 0.3) is 6.47 Å². The molecule has 0 radical (unpaired) electrons. The van der Waals surface area contributed by atoms with Crippen molar-refractivity contribution in [3.8, 4) is 0 Å². The molecule has 1 saturated heterocycles. The van der Waals surface area contributed by atoms with Crippen molar-refractivity contribution in [3.63, 3.8) is 0 Å². The van der Waals surface area contributed by atoms with Gasteiger partial charge in [0.05, 0.1) is 5.92 Å². The summed E-state index contributed by atoms with van der Waals surface area (Å²) in [6, 6.07) is 0. The van der Waals surface area contributed by atoms with Gasteiger partial charge in [-0.05, 0) is 40.2 Å². The standard InChI is InChI=1S/C6H12N2O.C5H10O2/c7-6(9)5-2-1-3-8-4-5;1-5(2,3)7-4-6/h5,8H,1-4H2,(H2,7,9);4H,1-3H3. The van der Waals surface area contributed by atoms with Crippen LogP contribution in [0, 0.1) is 5.92 Å². The molecule has 0 aromatic rings. The number of rotatable bonds is 2. The Morgan fingerprint density at radius 1 is 1.50 bits per heavy atom. The average molecular weight is 230 g/mol. The monoisotopic (exact) mass is 230 g/mol. The highest BCUT2D eigenvalue weighted by Crippen LogP contribution is 2.07. The largest absolute Gasteiger partial charge is 0.462 e. The Labute approximate surface area is 96.7 Å². The number of carbonyl (C=O) groups is 2. The van der Waals surface area contributed by atoms with Gasteiger partial charge in [-0.15, -0.1) is 0 Å². The number of nitrogens with two attached hydrogens (primary N) is 1. The van der Waals surface area contributed by atoms with E-state index in [1.54, 1.807) is 0 Å². The number of hydrogen-bond donors (Lipinski definition) is 2. The van der Waals surface area contributed by atoms with E-state index in [-0.39, 0.29) is 17.4 Å². The minimum atomic E-state index is -0.318. The minimum Gasteiger partial charge on any atom is -0.462 e. The van der Waals surface area contributed by atoms with Crippen LogP contribution in [-0.2, 0) is 14.3 Å². The van der Waals surface area contributed by atoms with Crippen molar-refractivity contribution in [1.29, 1.82) is 0 Å². The van der Waals surface area contributed by atoms with Gasteiger partial charge in [-0.1, -0.05) is 0 Å². The van der Waals surface area contributed by atoms with Gasteiger partial charge in [-0.3, -0.25) is 9.59 Å². The molecule has 94 valence electrons. The maximum atomic E-state index is 10.5. The molecule has 5 heteroatoms. The Hall–Kier alpha value is -1.10. The molecule has 1 aliphatic heterocycles. The molecule has 1 fully saturated rings. The van der Waals surface area contributed by atoms with E-state index >= 15 is 0 Å². The molecule has 1 heterocycles. The first-order valence-electron chi connectivity index (χ1n) is 5.48. The van der Waals surface area contributed by atoms with E-state index in [1.807, 2.05) is 20.8 Å². The molecular weight excluding hydrogens is 208 g/mol. The zero-order valence-electron chi connectivity index (χ0n) is 10.3. The van der Waals surface area contributed by atoms with Crippen molar-refractivity contribution >= 4 is 12.4 Å². The molecule has 0 bridgehead atoms. The lowest BCUT2D eigenvalue weighted by Gasteiger charge is -2.18. The zero-order chi connectivity index (χ0) is 12.6. The van der Waals surface area contributed by atoms with Gasteiger partial charge in [-0.25, -0.2) is 0 Å². The summed E-state index contributed by atoms with van der Waals surface area (Å²) in [6.45, 7) is 7.73. The first-order valence-corrected chi connectivity index (χ1v) is 5.48. The van der Waals surface area contributed by atoms with E-state index in [4.69, 9.17) is 5.73 Å². The SMILES string of the molecule is CC(C)(C)OC=O.NC(=O)C1CCCNC1. The molecule has 0 aromatic carbocycles. The molecule has 1 aliphatic rings. The molecule has 1 unspecified atom stereocenters. The lowest BCUT2D eigenvalue weighted by Crippen LogP contribution is -2.37. The summed E-state index contributed by atoms with van der Waals surface area (Å²) < 4.78 is 4.55. The maximum Gasteiger partial charge on any atom is 0.293 e. The zero-order valence-corrected chi connectivity index (χ0v) is 10.3. The van der Waals surface area contributed by atoms with Gasteiger partial charge in [-0.2, -0.15) is 0 Å². The van der Waals surface area contributed by atoms with Gasteiger partial charge in [0, 0.05) is 6.54 Å². The van der Waals surface area contributed by atoms with Crippen LogP contribution in [0.25, 0.3) is 0 Å². The maximum absolute atomic E-state index is 10.5. The van der Waals surface area contributed by atoms with Crippen LogP contribution in [0.3, 0.4) is 0 Å². The summed E-state index contributed by atoms with van der Waals surface area (Å²) in [5.74, 6) is -0.0825. The van der Waals surface area contributed by atoms with E-state index < -0.39 is 0 Å². The smallest absolute Gasteiger partial charge is 0.293 e. The number of primary amides is 1. The van der Waals surface area contributed by atoms with E-state index in [9.17, 15) is 9.59 Å². The summed E-state index contributed by atoms with van der Waals surface area (Å²) in [5, 5.41) is 3.12. The fourth-order valence-electron chi connectivity index (χ4n) is 1.24. The minimum absolute atomic E-state index is 0.0822. The number of amides is 1. The number of carbonyl (C=O) groups excluding carboxylic acids is 2. The van der Waals surface area contributed by atoms with Gasteiger partial charge in [0.2, 0.25) is 5.91 Å². The van der Waals surface area contributed by atoms with Gasteiger partial charge >= 0.3 is 0 Å². The second-order valence-corrected chi connectivity index (χ2v) is 4.77. The van der Waals surface area contributed by atoms with Crippen molar-refractivity contribution < 1.29 is 14.3 Å². The van der Waals surface area contributed by atoms with E-state index in [0.29, 0.717) is 6.47 Å². The molecule has 0 spiro atoms. The third-order valence-corrected chi connectivity index (χ3v) is 2.10. The lowest BCUT2D eigenvalue weighted by atomic mass is 9.99. The van der Waals surface area contributed by atoms with Gasteiger partial charge in [0.15, 0.2) is 0 Å². The highest BCUT2D eigenvalue weighted by Gasteiger charge is 2.17. The number of ether oxygens (including phenoxy) is 1. The van der Waals surface area contributed by atoms with Crippen molar-refractivity contribution in [2.75, 3.05) is 13.1 Å². The average Bonchev–Trinajstić information content (AvgIpc) is 2.18. The lowest BCUT2D eigenvalue weighted by molar-refractivity contribution is -0.138. The molecule has 3 N–H and O–H groups in total. The van der Waals surface area contributed by atoms with Crippen LogP contribution >= 0.6 is 0 Å². The van der Waals surface area contributed by atoms with Crippen molar-refractivity contribution in [3.05, 3.63) is 0 Å². The molecule has 0 aliphatic carbocycles. The van der Waals surface area contributed by atoms with Gasteiger partial charge in [0.1, 0.15) is 5.60 Å². The molecule has 0 saturated carbocycles. The highest BCUT2D eigenvalue weighted by molar-refractivity contribution is 5.76. The second kappa shape index (κ2) is 7.22. The summed E-state index contributed by atoms with van der Waals surface area (Å²) >= 11 is 0. The third-order valence-electron chi connectivity index (χ3n) is 2.10. The first-order chi connectivity index (χ1) is 7.37. The summed E-state index contributed by atoms with van der Waals surface area (Å²) in [5.41, 5.74) is 4.77. The van der Waals surface area contributed by atoms with Crippen LogP contribution < -0.4 is 11.1 Å². The van der Waals surface area contributed by atoms with E-state index in [0.717, 1.165) is 25.9 Å². The van der Waals surface area contributed by atoms with Crippen LogP contribution in [0.4, 0.5) is 0 Å². The number of nitrogens with one attached hydrogen (secondary N) is 1. The summed E-state index contributed by atoms with van der Waals surface area (Å²) in [6.07, 6.45) is 2.04. The number of piperidine rings is 1. The van der Waals surface area contributed by atoms with Crippen LogP contribution in [0.5, 0.6) is 0 Å². The van der Waals surface area contributed by atoms with Gasteiger partial charge < -0.3 is 15.8 Å². The molecule has 5 nitrogen and oxygen atoms in total. The predicted molar refractivity (Wildman–Crippen MR) is 61.7 cm³/mol. The van der Waals surface area contributed by atoms with Crippen LogP contribution in [0.1, 0.15) is 33.6 Å². The predicted octanol–water partition coefficient (Wildman–Crippen LogP) is 0.429. The Bertz CT molecular complexity index is 218.